The van der Waals surface area contributed by atoms with Crippen molar-refractivity contribution in [3.8, 4) is 17.6 Å². The molecule has 2 atom stereocenters. The van der Waals surface area contributed by atoms with Gasteiger partial charge in [-0.1, -0.05) is 43.9 Å². The number of hydrogen-bond donors (Lipinski definition) is 3. The molecule has 0 saturated carbocycles. The lowest BCUT2D eigenvalue weighted by atomic mass is 10.0. The number of nitrogens with one attached hydrogen (secondary N) is 2. The molecule has 1 unspecified atom stereocenters. The van der Waals surface area contributed by atoms with Crippen molar-refractivity contribution in [2.24, 2.45) is 5.92 Å². The molecule has 3 rings (SSSR count). The Hall–Kier alpha value is -3.30. The standard InChI is InChI=1S/C22H22N2O4/c1-14(2)18(12-9-15-7-10-16(11-8-15)21(25)24-27)23-22(26)20-13-17-5-3-4-6-19(17)28-20/h3-8,10-11,14,18,20,27H,13H2,1-2H3,(H,23,26)(H,24,25)/t18-,20?/m1/s1. The zero-order valence-corrected chi connectivity index (χ0v) is 15.7. The van der Waals surface area contributed by atoms with Crippen LogP contribution in [0.5, 0.6) is 5.75 Å². The third-order valence-electron chi connectivity index (χ3n) is 4.52. The van der Waals surface area contributed by atoms with Crippen LogP contribution >= 0.6 is 0 Å². The molecule has 0 radical (unpaired) electrons. The summed E-state index contributed by atoms with van der Waals surface area (Å²) in [6.07, 6.45) is 0.00554. The van der Waals surface area contributed by atoms with Crippen molar-refractivity contribution in [2.45, 2.75) is 32.4 Å². The summed E-state index contributed by atoms with van der Waals surface area (Å²) >= 11 is 0. The average molecular weight is 378 g/mol. The molecule has 6 heteroatoms. The van der Waals surface area contributed by atoms with E-state index in [9.17, 15) is 9.59 Å². The molecule has 144 valence electrons. The Morgan fingerprint density at radius 3 is 2.50 bits per heavy atom. The van der Waals surface area contributed by atoms with Gasteiger partial charge in [-0.05, 0) is 41.8 Å². The molecule has 2 amide bonds. The first kappa shape index (κ1) is 19.5. The number of para-hydroxylation sites is 1. The minimum absolute atomic E-state index is 0.111. The number of carbonyl (C=O) groups excluding carboxylic acids is 2. The van der Waals surface area contributed by atoms with Gasteiger partial charge in [0.05, 0.1) is 6.04 Å². The van der Waals surface area contributed by atoms with Gasteiger partial charge in [0.2, 0.25) is 0 Å². The molecule has 0 spiro atoms. The second kappa shape index (κ2) is 8.59. The van der Waals surface area contributed by atoms with E-state index in [0.717, 1.165) is 11.3 Å². The van der Waals surface area contributed by atoms with Gasteiger partial charge in [-0.2, -0.15) is 0 Å². The highest BCUT2D eigenvalue weighted by Gasteiger charge is 2.30. The zero-order chi connectivity index (χ0) is 20.1. The Bertz CT molecular complexity index is 901. The third-order valence-corrected chi connectivity index (χ3v) is 4.52. The summed E-state index contributed by atoms with van der Waals surface area (Å²) < 4.78 is 5.74. The molecule has 6 nitrogen and oxygen atoms in total. The van der Waals surface area contributed by atoms with E-state index in [1.807, 2.05) is 38.1 Å². The lowest BCUT2D eigenvalue weighted by Crippen LogP contribution is -2.44. The van der Waals surface area contributed by atoms with E-state index in [4.69, 9.17) is 9.94 Å². The van der Waals surface area contributed by atoms with Crippen molar-refractivity contribution in [3.63, 3.8) is 0 Å². The van der Waals surface area contributed by atoms with Crippen molar-refractivity contribution in [1.82, 2.24) is 10.8 Å². The highest BCUT2D eigenvalue weighted by atomic mass is 16.5. The summed E-state index contributed by atoms with van der Waals surface area (Å²) in [5, 5.41) is 11.6. The van der Waals surface area contributed by atoms with Crippen LogP contribution in [0.15, 0.2) is 48.5 Å². The summed E-state index contributed by atoms with van der Waals surface area (Å²) in [5.74, 6) is 6.21. The van der Waals surface area contributed by atoms with Crippen LogP contribution in [0, 0.1) is 17.8 Å². The van der Waals surface area contributed by atoms with E-state index in [1.54, 1.807) is 29.7 Å². The molecule has 0 saturated heterocycles. The molecule has 28 heavy (non-hydrogen) atoms. The van der Waals surface area contributed by atoms with Gasteiger partial charge >= 0.3 is 0 Å². The molecule has 0 aromatic heterocycles. The first-order valence-corrected chi connectivity index (χ1v) is 9.09. The van der Waals surface area contributed by atoms with Gasteiger partial charge in [-0.15, -0.1) is 0 Å². The monoisotopic (exact) mass is 378 g/mol. The number of benzene rings is 2. The van der Waals surface area contributed by atoms with Crippen LogP contribution in [-0.4, -0.2) is 29.2 Å². The van der Waals surface area contributed by atoms with Gasteiger partial charge in [0.15, 0.2) is 6.10 Å². The van der Waals surface area contributed by atoms with Crippen LogP contribution in [0.4, 0.5) is 0 Å². The van der Waals surface area contributed by atoms with E-state index >= 15 is 0 Å². The van der Waals surface area contributed by atoms with Crippen molar-refractivity contribution in [3.05, 3.63) is 65.2 Å². The second-order valence-electron chi connectivity index (χ2n) is 6.94. The van der Waals surface area contributed by atoms with Crippen molar-refractivity contribution >= 4 is 11.8 Å². The molecule has 1 aliphatic heterocycles. The van der Waals surface area contributed by atoms with Crippen LogP contribution < -0.4 is 15.5 Å². The zero-order valence-electron chi connectivity index (χ0n) is 15.7. The van der Waals surface area contributed by atoms with Crippen LogP contribution in [0.3, 0.4) is 0 Å². The molecule has 0 fully saturated rings. The Morgan fingerprint density at radius 1 is 1.14 bits per heavy atom. The van der Waals surface area contributed by atoms with Crippen molar-refractivity contribution in [1.29, 1.82) is 0 Å². The normalized spacial score (nSPS) is 15.6. The molecule has 3 N–H and O–H groups in total. The van der Waals surface area contributed by atoms with Crippen LogP contribution in [0.25, 0.3) is 0 Å². The predicted octanol–water partition coefficient (Wildman–Crippen LogP) is 2.30. The summed E-state index contributed by atoms with van der Waals surface area (Å²) in [5.41, 5.74) is 3.66. The number of hydrogen-bond acceptors (Lipinski definition) is 4. The van der Waals surface area contributed by atoms with Gasteiger partial charge in [-0.25, -0.2) is 5.48 Å². The summed E-state index contributed by atoms with van der Waals surface area (Å²) in [7, 11) is 0. The topological polar surface area (TPSA) is 87.7 Å². The average Bonchev–Trinajstić information content (AvgIpc) is 3.15. The highest BCUT2D eigenvalue weighted by molar-refractivity contribution is 5.93. The highest BCUT2D eigenvalue weighted by Crippen LogP contribution is 2.28. The predicted molar refractivity (Wildman–Crippen MR) is 104 cm³/mol. The SMILES string of the molecule is CC(C)[C@@H](C#Cc1ccc(C(=O)NO)cc1)NC(=O)C1Cc2ccccc2O1. The Morgan fingerprint density at radius 2 is 1.86 bits per heavy atom. The number of ether oxygens (including phenoxy) is 1. The van der Waals surface area contributed by atoms with E-state index in [0.29, 0.717) is 17.5 Å². The van der Waals surface area contributed by atoms with Crippen molar-refractivity contribution < 1.29 is 19.5 Å². The third kappa shape index (κ3) is 4.51. The number of fused-ring (bicyclic) bond motifs is 1. The number of amides is 2. The molecule has 2 aromatic rings. The summed E-state index contributed by atoms with van der Waals surface area (Å²) in [4.78, 5) is 24.0. The Labute approximate surface area is 163 Å². The Kier molecular flexibility index (Phi) is 5.97. The minimum atomic E-state index is -0.579. The maximum Gasteiger partial charge on any atom is 0.274 e. The van der Waals surface area contributed by atoms with Gasteiger partial charge in [-0.3, -0.25) is 14.8 Å². The van der Waals surface area contributed by atoms with E-state index in [2.05, 4.69) is 17.2 Å². The van der Waals surface area contributed by atoms with E-state index < -0.39 is 12.0 Å². The number of rotatable bonds is 4. The molecule has 1 aliphatic rings. The molecular formula is C22H22N2O4. The van der Waals surface area contributed by atoms with Crippen LogP contribution in [-0.2, 0) is 11.2 Å². The number of hydroxylamine groups is 1. The second-order valence-corrected chi connectivity index (χ2v) is 6.94. The quantitative estimate of drug-likeness (QED) is 0.433. The molecule has 2 aromatic carbocycles. The van der Waals surface area contributed by atoms with Gasteiger partial charge in [0.25, 0.3) is 11.8 Å². The fraction of sp³-hybridized carbons (Fsp3) is 0.273. The maximum atomic E-state index is 12.6. The van der Waals surface area contributed by atoms with E-state index in [1.165, 1.54) is 0 Å². The van der Waals surface area contributed by atoms with Crippen LogP contribution in [0.1, 0.15) is 35.3 Å². The molecule has 0 bridgehead atoms. The van der Waals surface area contributed by atoms with Gasteiger partial charge in [0, 0.05) is 17.5 Å². The van der Waals surface area contributed by atoms with E-state index in [-0.39, 0.29) is 17.9 Å². The molecular weight excluding hydrogens is 356 g/mol. The summed E-state index contributed by atoms with van der Waals surface area (Å²) in [6, 6.07) is 13.8. The molecule has 1 heterocycles. The summed E-state index contributed by atoms with van der Waals surface area (Å²) in [6.45, 7) is 3.97. The fourth-order valence-electron chi connectivity index (χ4n) is 2.87. The smallest absolute Gasteiger partial charge is 0.274 e. The largest absolute Gasteiger partial charge is 0.480 e. The Balaban J connectivity index is 1.66. The number of carbonyl (C=O) groups is 2. The minimum Gasteiger partial charge on any atom is -0.480 e. The fourth-order valence-corrected chi connectivity index (χ4v) is 2.87. The van der Waals surface area contributed by atoms with Crippen molar-refractivity contribution in [2.75, 3.05) is 0 Å². The first-order valence-electron chi connectivity index (χ1n) is 9.09. The first-order chi connectivity index (χ1) is 13.5. The molecule has 0 aliphatic carbocycles. The lowest BCUT2D eigenvalue weighted by Gasteiger charge is -2.19. The maximum absolute atomic E-state index is 12.6. The van der Waals surface area contributed by atoms with Gasteiger partial charge in [0.1, 0.15) is 5.75 Å². The lowest BCUT2D eigenvalue weighted by molar-refractivity contribution is -0.127. The van der Waals surface area contributed by atoms with Gasteiger partial charge < -0.3 is 10.1 Å². The van der Waals surface area contributed by atoms with Crippen LogP contribution in [0.2, 0.25) is 0 Å².